The van der Waals surface area contributed by atoms with Gasteiger partial charge in [0.15, 0.2) is 17.7 Å². The van der Waals surface area contributed by atoms with Crippen molar-refractivity contribution in [2.75, 3.05) is 12.3 Å². The molecule has 1 saturated carbocycles. The fourth-order valence-electron chi connectivity index (χ4n) is 4.99. The van der Waals surface area contributed by atoms with Gasteiger partial charge in [0.05, 0.1) is 25.0 Å². The molecule has 1 aliphatic heterocycles. The van der Waals surface area contributed by atoms with Gasteiger partial charge < -0.3 is 25.4 Å². The summed E-state index contributed by atoms with van der Waals surface area (Å²) in [5.74, 6) is -7.11. The van der Waals surface area contributed by atoms with E-state index in [0.29, 0.717) is 0 Å². The molecule has 0 radical (unpaired) electrons. The summed E-state index contributed by atoms with van der Waals surface area (Å²) in [6.07, 6.45) is -12.6. The average Bonchev–Trinajstić information content (AvgIpc) is 3.38. The first kappa shape index (κ1) is 28.2. The van der Waals surface area contributed by atoms with Crippen LogP contribution in [-0.4, -0.2) is 78.5 Å². The van der Waals surface area contributed by atoms with Crippen molar-refractivity contribution in [1.29, 1.82) is 0 Å². The fourth-order valence-corrected chi connectivity index (χ4v) is 5.16. The fraction of sp³-hybridized carbons (Fsp3) is 0.667. The second-order valence-corrected chi connectivity index (χ2v) is 9.74. The zero-order chi connectivity index (χ0) is 28.0. The highest BCUT2D eigenvalue weighted by atomic mass is 35.5. The highest BCUT2D eigenvalue weighted by Crippen LogP contribution is 2.44. The quantitative estimate of drug-likeness (QED) is 0.243. The van der Waals surface area contributed by atoms with Crippen LogP contribution >= 0.6 is 11.6 Å². The van der Waals surface area contributed by atoms with E-state index in [1.54, 1.807) is 0 Å². The molecule has 17 heteroatoms. The van der Waals surface area contributed by atoms with Crippen LogP contribution in [0.5, 0.6) is 0 Å². The number of aromatic nitrogens is 4. The Balaban J connectivity index is 1.46. The Morgan fingerprint density at radius 1 is 1.16 bits per heavy atom. The van der Waals surface area contributed by atoms with Crippen molar-refractivity contribution < 1.29 is 51.2 Å². The summed E-state index contributed by atoms with van der Waals surface area (Å²) in [6.45, 7) is -0.684. The van der Waals surface area contributed by atoms with Crippen molar-refractivity contribution >= 4 is 40.5 Å². The molecule has 0 bridgehead atoms. The molecule has 2 aromatic heterocycles. The van der Waals surface area contributed by atoms with Crippen LogP contribution in [-0.2, 0) is 19.1 Å². The van der Waals surface area contributed by atoms with E-state index in [0.717, 1.165) is 0 Å². The molecule has 2 aromatic rings. The number of nitrogen functional groups attached to an aromatic ring is 1. The number of rotatable bonds is 8. The summed E-state index contributed by atoms with van der Waals surface area (Å²) < 4.78 is 80.2. The van der Waals surface area contributed by atoms with E-state index >= 15 is 0 Å². The molecule has 0 aromatic carbocycles. The molecule has 2 aliphatic rings. The molecule has 3 unspecified atom stereocenters. The number of anilines is 1. The number of hydrogen-bond donors (Lipinski definition) is 3. The van der Waals surface area contributed by atoms with E-state index in [1.807, 2.05) is 0 Å². The second kappa shape index (κ2) is 10.4. The molecular weight excluding hydrogens is 549 g/mol. The summed E-state index contributed by atoms with van der Waals surface area (Å²) in [6, 6.07) is 0. The highest BCUT2D eigenvalue weighted by Gasteiger charge is 2.54. The number of ether oxygens (including phenoxy) is 2. The van der Waals surface area contributed by atoms with Crippen molar-refractivity contribution in [3.05, 3.63) is 11.6 Å². The molecular formula is C21H23ClF5N5O6. The van der Waals surface area contributed by atoms with Crippen LogP contribution in [0.2, 0.25) is 5.28 Å². The monoisotopic (exact) mass is 571 g/mol. The average molecular weight is 572 g/mol. The molecule has 0 spiro atoms. The van der Waals surface area contributed by atoms with Crippen LogP contribution in [0.3, 0.4) is 0 Å². The minimum absolute atomic E-state index is 0.0560. The molecule has 6 atom stereocenters. The number of nitrogens with two attached hydrogens (primary N) is 1. The number of carboxylic acids is 2. The number of nitrogens with zero attached hydrogens (tertiary/aromatic N) is 4. The molecule has 210 valence electrons. The summed E-state index contributed by atoms with van der Waals surface area (Å²) in [5, 5.41) is 19.2. The SMILES string of the molecule is Nc1nc(Cl)nc2c1ncn2[C@@H]1O[C@H](COC(CC2CCC(C(F)(F)F)C(F)C2)(C(=O)O)C(=O)O)C[C@@H]1F. The van der Waals surface area contributed by atoms with Gasteiger partial charge in [0, 0.05) is 12.8 Å². The summed E-state index contributed by atoms with van der Waals surface area (Å²) >= 11 is 5.81. The molecule has 1 aliphatic carbocycles. The lowest BCUT2D eigenvalue weighted by molar-refractivity contribution is -0.206. The first-order valence-corrected chi connectivity index (χ1v) is 11.9. The van der Waals surface area contributed by atoms with Crippen molar-refractivity contribution in [2.45, 2.75) is 68.6 Å². The van der Waals surface area contributed by atoms with E-state index in [1.165, 1.54) is 10.9 Å². The minimum Gasteiger partial charge on any atom is -0.479 e. The van der Waals surface area contributed by atoms with Gasteiger partial charge in [0.2, 0.25) is 5.28 Å². The maximum absolute atomic E-state index is 14.9. The molecule has 3 heterocycles. The van der Waals surface area contributed by atoms with Gasteiger partial charge in [-0.05, 0) is 36.8 Å². The standard InChI is InChI=1S/C21H23ClF5N5O6/c22-19-30-14(28)13-15(31-19)32(7-29-13)16-12(24)4-9(38-16)6-37-20(17(33)34,18(35)36)5-8-1-2-10(11(23)3-8)21(25,26)27/h7-12,16H,1-6H2,(H,33,34)(H,35,36)(H2,28,30,31)/t8?,9-,10?,11?,12-,16+/m0/s1. The third-order valence-electron chi connectivity index (χ3n) is 6.91. The van der Waals surface area contributed by atoms with Crippen molar-refractivity contribution in [3.8, 4) is 0 Å². The van der Waals surface area contributed by atoms with Gasteiger partial charge in [-0.3, -0.25) is 4.57 Å². The predicted octanol–water partition coefficient (Wildman–Crippen LogP) is 3.32. The van der Waals surface area contributed by atoms with Crippen molar-refractivity contribution in [1.82, 2.24) is 19.5 Å². The van der Waals surface area contributed by atoms with Gasteiger partial charge in [0.1, 0.15) is 17.9 Å². The second-order valence-electron chi connectivity index (χ2n) is 9.40. The zero-order valence-electron chi connectivity index (χ0n) is 19.4. The number of aliphatic carboxylic acids is 2. The maximum Gasteiger partial charge on any atom is 0.394 e. The molecule has 0 amide bonds. The van der Waals surface area contributed by atoms with Crippen LogP contribution < -0.4 is 5.73 Å². The number of carboxylic acid groups (broad SMARTS) is 2. The minimum atomic E-state index is -4.76. The summed E-state index contributed by atoms with van der Waals surface area (Å²) in [4.78, 5) is 35.8. The maximum atomic E-state index is 14.9. The smallest absolute Gasteiger partial charge is 0.394 e. The lowest BCUT2D eigenvalue weighted by atomic mass is 9.75. The van der Waals surface area contributed by atoms with Gasteiger partial charge >= 0.3 is 18.1 Å². The number of carbonyl (C=O) groups is 2. The highest BCUT2D eigenvalue weighted by molar-refractivity contribution is 6.28. The zero-order valence-corrected chi connectivity index (χ0v) is 20.2. The Hall–Kier alpha value is -2.85. The summed E-state index contributed by atoms with van der Waals surface area (Å²) in [5.41, 5.74) is 3.04. The summed E-state index contributed by atoms with van der Waals surface area (Å²) in [7, 11) is 0. The van der Waals surface area contributed by atoms with Crippen LogP contribution in [0.15, 0.2) is 6.33 Å². The lowest BCUT2D eigenvalue weighted by Gasteiger charge is -2.36. The Labute approximate surface area is 216 Å². The Bertz CT molecular complexity index is 1200. The first-order chi connectivity index (χ1) is 17.7. The van der Waals surface area contributed by atoms with Crippen LogP contribution in [0.1, 0.15) is 38.3 Å². The van der Waals surface area contributed by atoms with Gasteiger partial charge in [-0.2, -0.15) is 23.1 Å². The molecule has 38 heavy (non-hydrogen) atoms. The van der Waals surface area contributed by atoms with Crippen molar-refractivity contribution in [3.63, 3.8) is 0 Å². The normalized spacial score (nSPS) is 28.6. The number of halogens is 6. The van der Waals surface area contributed by atoms with Crippen molar-refractivity contribution in [2.24, 2.45) is 11.8 Å². The Kier molecular flexibility index (Phi) is 7.69. The van der Waals surface area contributed by atoms with Crippen LogP contribution in [0, 0.1) is 11.8 Å². The van der Waals surface area contributed by atoms with E-state index in [4.69, 9.17) is 26.8 Å². The number of hydrogen-bond acceptors (Lipinski definition) is 8. The lowest BCUT2D eigenvalue weighted by Crippen LogP contribution is -2.52. The van der Waals surface area contributed by atoms with E-state index in [9.17, 15) is 41.8 Å². The molecule has 4 rings (SSSR count). The number of imidazole rings is 1. The molecule has 2 fully saturated rings. The predicted molar refractivity (Wildman–Crippen MR) is 119 cm³/mol. The van der Waals surface area contributed by atoms with E-state index in [2.05, 4.69) is 15.0 Å². The van der Waals surface area contributed by atoms with E-state index < -0.39 is 86.1 Å². The Morgan fingerprint density at radius 3 is 2.45 bits per heavy atom. The van der Waals surface area contributed by atoms with E-state index in [-0.39, 0.29) is 35.1 Å². The van der Waals surface area contributed by atoms with Crippen LogP contribution in [0.25, 0.3) is 11.2 Å². The number of fused-ring (bicyclic) bond motifs is 1. The molecule has 11 nitrogen and oxygen atoms in total. The van der Waals surface area contributed by atoms with Gasteiger partial charge in [-0.25, -0.2) is 23.4 Å². The third kappa shape index (κ3) is 5.33. The Morgan fingerprint density at radius 2 is 1.84 bits per heavy atom. The number of alkyl halides is 5. The third-order valence-corrected chi connectivity index (χ3v) is 7.08. The molecule has 4 N–H and O–H groups in total. The van der Waals surface area contributed by atoms with Crippen LogP contribution in [0.4, 0.5) is 27.8 Å². The largest absolute Gasteiger partial charge is 0.479 e. The van der Waals surface area contributed by atoms with Gasteiger partial charge in [-0.1, -0.05) is 0 Å². The first-order valence-electron chi connectivity index (χ1n) is 11.5. The topological polar surface area (TPSA) is 163 Å². The van der Waals surface area contributed by atoms with Gasteiger partial charge in [-0.15, -0.1) is 0 Å². The molecule has 1 saturated heterocycles. The van der Waals surface area contributed by atoms with Gasteiger partial charge in [0.25, 0.3) is 5.60 Å².